The van der Waals surface area contributed by atoms with E-state index >= 15 is 0 Å². The van der Waals surface area contributed by atoms with E-state index < -0.39 is 0 Å². The van der Waals surface area contributed by atoms with Crippen LogP contribution in [0.5, 0.6) is 0 Å². The summed E-state index contributed by atoms with van der Waals surface area (Å²) in [6.45, 7) is 5.13. The first kappa shape index (κ1) is 12.9. The Labute approximate surface area is 121 Å². The zero-order chi connectivity index (χ0) is 13.1. The molecule has 1 saturated heterocycles. The summed E-state index contributed by atoms with van der Waals surface area (Å²) in [6.07, 6.45) is 1.67. The lowest BCUT2D eigenvalue weighted by atomic mass is 10.2. The van der Waals surface area contributed by atoms with Crippen molar-refractivity contribution in [2.75, 3.05) is 13.2 Å². The van der Waals surface area contributed by atoms with Gasteiger partial charge in [0.15, 0.2) is 6.29 Å². The minimum absolute atomic E-state index is 0.185. The quantitative estimate of drug-likeness (QED) is 0.820. The summed E-state index contributed by atoms with van der Waals surface area (Å²) in [7, 11) is 0. The Morgan fingerprint density at radius 1 is 1.16 bits per heavy atom. The van der Waals surface area contributed by atoms with E-state index in [0.717, 1.165) is 10.4 Å². The van der Waals surface area contributed by atoms with E-state index in [-0.39, 0.29) is 6.29 Å². The lowest BCUT2D eigenvalue weighted by Gasteiger charge is -2.09. The number of benzene rings is 1. The molecular formula is C15H14O2S2. The normalized spacial score (nSPS) is 15.8. The highest BCUT2D eigenvalue weighted by Crippen LogP contribution is 2.39. The highest BCUT2D eigenvalue weighted by atomic mass is 32.2. The molecule has 0 spiro atoms. The Morgan fingerprint density at radius 2 is 1.89 bits per heavy atom. The van der Waals surface area contributed by atoms with Crippen LogP contribution in [0.25, 0.3) is 6.08 Å². The molecular weight excluding hydrogens is 276 g/mol. The SMILES string of the molecule is C=Cc1ccc(Sc2ccsc2C2OCCO2)cc1. The van der Waals surface area contributed by atoms with E-state index in [2.05, 4.69) is 42.3 Å². The van der Waals surface area contributed by atoms with Crippen molar-refractivity contribution in [2.24, 2.45) is 0 Å². The van der Waals surface area contributed by atoms with Crippen LogP contribution in [0, 0.1) is 0 Å². The zero-order valence-corrected chi connectivity index (χ0v) is 12.0. The second-order valence-corrected chi connectivity index (χ2v) is 6.16. The fraction of sp³-hybridized carbons (Fsp3) is 0.200. The molecule has 0 atom stereocenters. The molecule has 4 heteroatoms. The molecule has 2 aromatic rings. The Balaban J connectivity index is 1.78. The van der Waals surface area contributed by atoms with E-state index in [1.807, 2.05) is 6.08 Å². The molecule has 0 saturated carbocycles. The second-order valence-electron chi connectivity index (χ2n) is 4.10. The number of hydrogen-bond donors (Lipinski definition) is 0. The lowest BCUT2D eigenvalue weighted by Crippen LogP contribution is -1.95. The molecule has 2 heterocycles. The number of ether oxygens (including phenoxy) is 2. The molecule has 1 aliphatic heterocycles. The van der Waals surface area contributed by atoms with Gasteiger partial charge in [-0.1, -0.05) is 36.5 Å². The van der Waals surface area contributed by atoms with Crippen LogP contribution in [0.3, 0.4) is 0 Å². The summed E-state index contributed by atoms with van der Waals surface area (Å²) in [4.78, 5) is 3.58. The molecule has 1 aromatic heterocycles. The van der Waals surface area contributed by atoms with Crippen molar-refractivity contribution in [3.05, 3.63) is 52.7 Å². The van der Waals surface area contributed by atoms with Crippen LogP contribution in [0.1, 0.15) is 16.7 Å². The summed E-state index contributed by atoms with van der Waals surface area (Å²) in [6, 6.07) is 10.5. The third kappa shape index (κ3) is 2.92. The molecule has 0 aliphatic carbocycles. The van der Waals surface area contributed by atoms with Crippen molar-refractivity contribution >= 4 is 29.2 Å². The van der Waals surface area contributed by atoms with Gasteiger partial charge in [0.25, 0.3) is 0 Å². The molecule has 0 radical (unpaired) electrons. The van der Waals surface area contributed by atoms with Gasteiger partial charge in [0, 0.05) is 9.79 Å². The molecule has 0 amide bonds. The number of rotatable bonds is 4. The third-order valence-corrected chi connectivity index (χ3v) is 4.99. The molecule has 0 unspecified atom stereocenters. The van der Waals surface area contributed by atoms with Gasteiger partial charge in [0.05, 0.1) is 18.1 Å². The van der Waals surface area contributed by atoms with Gasteiger partial charge in [-0.3, -0.25) is 0 Å². The van der Waals surface area contributed by atoms with E-state index in [1.54, 1.807) is 23.1 Å². The minimum atomic E-state index is -0.185. The molecule has 19 heavy (non-hydrogen) atoms. The fourth-order valence-corrected chi connectivity index (χ4v) is 3.87. The van der Waals surface area contributed by atoms with Crippen molar-refractivity contribution in [3.63, 3.8) is 0 Å². The fourth-order valence-electron chi connectivity index (χ4n) is 1.87. The highest BCUT2D eigenvalue weighted by molar-refractivity contribution is 7.99. The standard InChI is InChI=1S/C15H14O2S2/c1-2-11-3-5-12(6-4-11)19-13-7-10-18-14(13)15-16-8-9-17-15/h2-7,10,15H,1,8-9H2. The average molecular weight is 290 g/mol. The molecule has 2 nitrogen and oxygen atoms in total. The predicted octanol–water partition coefficient (Wildman–Crippen LogP) is 4.59. The average Bonchev–Trinajstić information content (AvgIpc) is 3.10. The zero-order valence-electron chi connectivity index (χ0n) is 10.4. The van der Waals surface area contributed by atoms with Crippen LogP contribution >= 0.6 is 23.1 Å². The maximum atomic E-state index is 5.57. The van der Waals surface area contributed by atoms with Crippen LogP contribution in [-0.2, 0) is 9.47 Å². The van der Waals surface area contributed by atoms with Crippen molar-refractivity contribution < 1.29 is 9.47 Å². The molecule has 98 valence electrons. The van der Waals surface area contributed by atoms with Crippen LogP contribution in [-0.4, -0.2) is 13.2 Å². The van der Waals surface area contributed by atoms with E-state index in [1.165, 1.54) is 9.79 Å². The number of hydrogen-bond acceptors (Lipinski definition) is 4. The van der Waals surface area contributed by atoms with Crippen molar-refractivity contribution in [2.45, 2.75) is 16.1 Å². The summed E-state index contributed by atoms with van der Waals surface area (Å²) in [5.74, 6) is 0. The van der Waals surface area contributed by atoms with Crippen molar-refractivity contribution in [1.29, 1.82) is 0 Å². The summed E-state index contributed by atoms with van der Waals surface area (Å²) < 4.78 is 11.1. The Hall–Kier alpha value is -1.07. The first-order valence-electron chi connectivity index (χ1n) is 6.08. The van der Waals surface area contributed by atoms with Gasteiger partial charge in [0.2, 0.25) is 0 Å². The monoisotopic (exact) mass is 290 g/mol. The van der Waals surface area contributed by atoms with Gasteiger partial charge in [-0.05, 0) is 29.1 Å². The van der Waals surface area contributed by atoms with Gasteiger partial charge >= 0.3 is 0 Å². The summed E-state index contributed by atoms with van der Waals surface area (Å²) in [5, 5.41) is 2.08. The molecule has 1 aliphatic rings. The Bertz CT molecular complexity index is 554. The van der Waals surface area contributed by atoms with E-state index in [9.17, 15) is 0 Å². The van der Waals surface area contributed by atoms with Crippen LogP contribution < -0.4 is 0 Å². The first-order chi connectivity index (χ1) is 9.36. The first-order valence-corrected chi connectivity index (χ1v) is 7.77. The maximum absolute atomic E-state index is 5.57. The topological polar surface area (TPSA) is 18.5 Å². The molecule has 3 rings (SSSR count). The second kappa shape index (κ2) is 5.92. The van der Waals surface area contributed by atoms with E-state index in [4.69, 9.17) is 9.47 Å². The third-order valence-electron chi connectivity index (χ3n) is 2.84. The summed E-state index contributed by atoms with van der Waals surface area (Å²) in [5.41, 5.74) is 1.14. The highest BCUT2D eigenvalue weighted by Gasteiger charge is 2.22. The van der Waals surface area contributed by atoms with E-state index in [0.29, 0.717) is 13.2 Å². The van der Waals surface area contributed by atoms with Gasteiger partial charge < -0.3 is 9.47 Å². The van der Waals surface area contributed by atoms with Gasteiger partial charge in [-0.15, -0.1) is 11.3 Å². The largest absolute Gasteiger partial charge is 0.345 e. The molecule has 0 bridgehead atoms. The van der Waals surface area contributed by atoms with Crippen molar-refractivity contribution in [1.82, 2.24) is 0 Å². The van der Waals surface area contributed by atoms with Crippen LogP contribution in [0.4, 0.5) is 0 Å². The lowest BCUT2D eigenvalue weighted by molar-refractivity contribution is -0.0430. The summed E-state index contributed by atoms with van der Waals surface area (Å²) >= 11 is 3.43. The van der Waals surface area contributed by atoms with Gasteiger partial charge in [0.1, 0.15) is 0 Å². The molecule has 1 fully saturated rings. The van der Waals surface area contributed by atoms with Gasteiger partial charge in [-0.2, -0.15) is 0 Å². The Morgan fingerprint density at radius 3 is 2.58 bits per heavy atom. The minimum Gasteiger partial charge on any atom is -0.345 e. The molecule has 1 aromatic carbocycles. The van der Waals surface area contributed by atoms with Crippen LogP contribution in [0.2, 0.25) is 0 Å². The number of thiophene rings is 1. The van der Waals surface area contributed by atoms with Crippen molar-refractivity contribution in [3.8, 4) is 0 Å². The molecule has 0 N–H and O–H groups in total. The maximum Gasteiger partial charge on any atom is 0.194 e. The predicted molar refractivity (Wildman–Crippen MR) is 79.6 cm³/mol. The van der Waals surface area contributed by atoms with Gasteiger partial charge in [-0.25, -0.2) is 0 Å². The van der Waals surface area contributed by atoms with Crippen LogP contribution in [0.15, 0.2) is 52.1 Å². The smallest absolute Gasteiger partial charge is 0.194 e. The Kier molecular flexibility index (Phi) is 4.03.